The number of nitrogens with one attached hydrogen (secondary N) is 1. The van der Waals surface area contributed by atoms with Gasteiger partial charge in [0.25, 0.3) is 0 Å². The molecule has 0 radical (unpaired) electrons. The van der Waals surface area contributed by atoms with E-state index < -0.39 is 0 Å². The van der Waals surface area contributed by atoms with Gasteiger partial charge in [0, 0.05) is 37.0 Å². The zero-order chi connectivity index (χ0) is 16.1. The van der Waals surface area contributed by atoms with Crippen molar-refractivity contribution in [2.24, 2.45) is 0 Å². The summed E-state index contributed by atoms with van der Waals surface area (Å²) in [7, 11) is 0. The summed E-state index contributed by atoms with van der Waals surface area (Å²) in [6, 6.07) is 4.66. The van der Waals surface area contributed by atoms with Crippen LogP contribution in [0.25, 0.3) is 0 Å². The molecule has 2 aliphatic heterocycles. The summed E-state index contributed by atoms with van der Waals surface area (Å²) in [5, 5.41) is 5.35. The van der Waals surface area contributed by atoms with Crippen LogP contribution in [0.1, 0.15) is 50.3 Å². The number of likely N-dealkylation sites (tertiary alicyclic amines) is 1. The number of hydrogen-bond donors (Lipinski definition) is 1. The third kappa shape index (κ3) is 5.30. The van der Waals surface area contributed by atoms with Crippen molar-refractivity contribution in [2.75, 3.05) is 13.1 Å². The van der Waals surface area contributed by atoms with Crippen LogP contribution in [0.4, 0.5) is 0 Å². The van der Waals surface area contributed by atoms with Crippen molar-refractivity contribution in [1.82, 2.24) is 10.2 Å². The second-order valence-electron chi connectivity index (χ2n) is 6.88. The van der Waals surface area contributed by atoms with Crippen molar-refractivity contribution in [1.29, 1.82) is 0 Å². The molecule has 2 aliphatic rings. The number of hydrogen-bond acceptors (Lipinski definition) is 4. The molecular weight excluding hydrogens is 308 g/mol. The Hall–Kier alpha value is -0.910. The maximum Gasteiger partial charge on any atom is 0.220 e. The average Bonchev–Trinajstić information content (AvgIpc) is 3.19. The van der Waals surface area contributed by atoms with Gasteiger partial charge < -0.3 is 10.1 Å². The lowest BCUT2D eigenvalue weighted by Gasteiger charge is -2.32. The first-order valence-electron chi connectivity index (χ1n) is 8.88. The second-order valence-corrected chi connectivity index (χ2v) is 7.91. The van der Waals surface area contributed by atoms with Crippen molar-refractivity contribution in [3.63, 3.8) is 0 Å². The summed E-state index contributed by atoms with van der Waals surface area (Å²) < 4.78 is 5.78. The number of ether oxygens (including phenoxy) is 1. The van der Waals surface area contributed by atoms with Gasteiger partial charge in [-0.15, -0.1) is 11.3 Å². The van der Waals surface area contributed by atoms with Crippen molar-refractivity contribution >= 4 is 17.2 Å². The fourth-order valence-corrected chi connectivity index (χ4v) is 4.29. The second kappa shape index (κ2) is 8.27. The molecule has 1 amide bonds. The van der Waals surface area contributed by atoms with E-state index >= 15 is 0 Å². The van der Waals surface area contributed by atoms with E-state index in [2.05, 4.69) is 34.7 Å². The Kier molecular flexibility index (Phi) is 6.08. The van der Waals surface area contributed by atoms with Crippen molar-refractivity contribution < 1.29 is 9.53 Å². The van der Waals surface area contributed by atoms with E-state index in [1.54, 1.807) is 0 Å². The highest BCUT2D eigenvalue weighted by atomic mass is 32.1. The summed E-state index contributed by atoms with van der Waals surface area (Å²) in [5.74, 6) is 0.199. The third-order valence-corrected chi connectivity index (χ3v) is 5.79. The molecule has 1 aromatic heterocycles. The fraction of sp³-hybridized carbons (Fsp3) is 0.722. The van der Waals surface area contributed by atoms with Gasteiger partial charge in [0.05, 0.1) is 12.2 Å². The summed E-state index contributed by atoms with van der Waals surface area (Å²) in [6.45, 7) is 5.32. The van der Waals surface area contributed by atoms with Crippen LogP contribution in [0.3, 0.4) is 0 Å². The van der Waals surface area contributed by atoms with Crippen LogP contribution in [0.2, 0.25) is 0 Å². The molecule has 0 aromatic carbocycles. The first-order valence-corrected chi connectivity index (χ1v) is 9.76. The van der Waals surface area contributed by atoms with E-state index in [1.807, 2.05) is 11.3 Å². The Bertz CT molecular complexity index is 483. The van der Waals surface area contributed by atoms with Gasteiger partial charge in [-0.2, -0.15) is 0 Å². The maximum absolute atomic E-state index is 12.1. The van der Waals surface area contributed by atoms with Crippen LogP contribution in [0.15, 0.2) is 17.5 Å². The number of carbonyl (C=O) groups is 1. The monoisotopic (exact) mass is 336 g/mol. The van der Waals surface area contributed by atoms with Gasteiger partial charge in [0.2, 0.25) is 5.91 Å². The molecule has 0 spiro atoms. The van der Waals surface area contributed by atoms with E-state index in [-0.39, 0.29) is 5.91 Å². The molecule has 1 aromatic rings. The van der Waals surface area contributed by atoms with Gasteiger partial charge in [0.15, 0.2) is 0 Å². The standard InChI is InChI=1S/C18H28N2O2S/c1-14-4-5-16(22-14)6-7-18(21)19-15-8-10-20(11-9-15)13-17-3-2-12-23-17/h2-3,12,14-16H,4-11,13H2,1H3,(H,19,21)/t14-,16-/m1/s1. The van der Waals surface area contributed by atoms with Crippen molar-refractivity contribution in [3.05, 3.63) is 22.4 Å². The molecule has 0 bridgehead atoms. The van der Waals surface area contributed by atoms with Gasteiger partial charge >= 0.3 is 0 Å². The zero-order valence-corrected chi connectivity index (χ0v) is 14.8. The lowest BCUT2D eigenvalue weighted by molar-refractivity contribution is -0.122. The molecule has 23 heavy (non-hydrogen) atoms. The highest BCUT2D eigenvalue weighted by Crippen LogP contribution is 2.22. The number of nitrogens with zero attached hydrogens (tertiary/aromatic N) is 1. The Morgan fingerprint density at radius 2 is 2.17 bits per heavy atom. The van der Waals surface area contributed by atoms with E-state index in [1.165, 1.54) is 4.88 Å². The normalized spacial score (nSPS) is 26.5. The lowest BCUT2D eigenvalue weighted by Crippen LogP contribution is -2.44. The topological polar surface area (TPSA) is 41.6 Å². The smallest absolute Gasteiger partial charge is 0.220 e. The van der Waals surface area contributed by atoms with Crippen molar-refractivity contribution in [2.45, 2.75) is 70.2 Å². The van der Waals surface area contributed by atoms with E-state index in [0.717, 1.165) is 51.7 Å². The molecule has 1 N–H and O–H groups in total. The minimum atomic E-state index is 0.199. The molecule has 2 saturated heterocycles. The van der Waals surface area contributed by atoms with Crippen LogP contribution < -0.4 is 5.32 Å². The Balaban J connectivity index is 1.31. The molecule has 3 rings (SSSR count). The zero-order valence-electron chi connectivity index (χ0n) is 14.0. The first-order chi connectivity index (χ1) is 11.2. The molecular formula is C18H28N2O2S. The summed E-state index contributed by atoms with van der Waals surface area (Å²) in [6.07, 6.45) is 6.51. The summed E-state index contributed by atoms with van der Waals surface area (Å²) in [5.41, 5.74) is 0. The average molecular weight is 337 g/mol. The highest BCUT2D eigenvalue weighted by Gasteiger charge is 2.24. The van der Waals surface area contributed by atoms with Gasteiger partial charge in [-0.25, -0.2) is 0 Å². The summed E-state index contributed by atoms with van der Waals surface area (Å²) in [4.78, 5) is 16.0. The predicted octanol–water partition coefficient (Wildman–Crippen LogP) is 3.18. The van der Waals surface area contributed by atoms with E-state index in [9.17, 15) is 4.79 Å². The molecule has 128 valence electrons. The van der Waals surface area contributed by atoms with Crippen LogP contribution in [0, 0.1) is 0 Å². The Morgan fingerprint density at radius 1 is 1.35 bits per heavy atom. The SMILES string of the molecule is C[C@@H]1CC[C@H](CCC(=O)NC2CCN(Cc3cccs3)CC2)O1. The Morgan fingerprint density at radius 3 is 2.83 bits per heavy atom. The van der Waals surface area contributed by atoms with Crippen LogP contribution in [0.5, 0.6) is 0 Å². The van der Waals surface area contributed by atoms with E-state index in [0.29, 0.717) is 24.7 Å². The van der Waals surface area contributed by atoms with Crippen LogP contribution >= 0.6 is 11.3 Å². The van der Waals surface area contributed by atoms with Gasteiger partial charge in [0.1, 0.15) is 0 Å². The number of amides is 1. The number of carbonyl (C=O) groups excluding carboxylic acids is 1. The minimum Gasteiger partial charge on any atom is -0.375 e. The molecule has 0 saturated carbocycles. The summed E-state index contributed by atoms with van der Waals surface area (Å²) >= 11 is 1.82. The van der Waals surface area contributed by atoms with Crippen LogP contribution in [-0.2, 0) is 16.1 Å². The van der Waals surface area contributed by atoms with Crippen molar-refractivity contribution in [3.8, 4) is 0 Å². The maximum atomic E-state index is 12.1. The molecule has 3 heterocycles. The predicted molar refractivity (Wildman–Crippen MR) is 93.6 cm³/mol. The fourth-order valence-electron chi connectivity index (χ4n) is 3.55. The molecule has 0 aliphatic carbocycles. The largest absolute Gasteiger partial charge is 0.375 e. The van der Waals surface area contributed by atoms with Gasteiger partial charge in [-0.3, -0.25) is 9.69 Å². The first kappa shape index (κ1) is 16.9. The quantitative estimate of drug-likeness (QED) is 0.867. The highest BCUT2D eigenvalue weighted by molar-refractivity contribution is 7.09. The third-order valence-electron chi connectivity index (χ3n) is 4.93. The number of rotatable bonds is 6. The minimum absolute atomic E-state index is 0.199. The molecule has 2 fully saturated rings. The molecule has 5 heteroatoms. The van der Waals surface area contributed by atoms with Gasteiger partial charge in [-0.05, 0) is 50.5 Å². The van der Waals surface area contributed by atoms with Gasteiger partial charge in [-0.1, -0.05) is 6.07 Å². The molecule has 4 nitrogen and oxygen atoms in total. The Labute approximate surface area is 143 Å². The number of thiophene rings is 1. The lowest BCUT2D eigenvalue weighted by atomic mass is 10.0. The molecule has 0 unspecified atom stereocenters. The van der Waals surface area contributed by atoms with Crippen LogP contribution in [-0.4, -0.2) is 42.1 Å². The van der Waals surface area contributed by atoms with E-state index in [4.69, 9.17) is 4.74 Å². The number of piperidine rings is 1. The molecule has 2 atom stereocenters.